The number of nitrogens with zero attached hydrogens (tertiary/aromatic N) is 2. The molecule has 1 rings (SSSR count). The molecule has 0 aromatic heterocycles. The Morgan fingerprint density at radius 3 is 2.40 bits per heavy atom. The van der Waals surface area contributed by atoms with E-state index in [9.17, 15) is 0 Å². The van der Waals surface area contributed by atoms with Gasteiger partial charge in [-0.2, -0.15) is 0 Å². The van der Waals surface area contributed by atoms with E-state index >= 15 is 0 Å². The number of hydrogen-bond donors (Lipinski definition) is 2. The number of nitrogens with one attached hydrogen (secondary N) is 2. The van der Waals surface area contributed by atoms with Crippen molar-refractivity contribution in [3.63, 3.8) is 0 Å². The fourth-order valence-electron chi connectivity index (χ4n) is 1.97. The van der Waals surface area contributed by atoms with E-state index in [1.165, 1.54) is 5.69 Å². The largest absolute Gasteiger partial charge is 0.372 e. The Balaban J connectivity index is 0.00000361. The van der Waals surface area contributed by atoms with Gasteiger partial charge < -0.3 is 15.5 Å². The van der Waals surface area contributed by atoms with Crippen LogP contribution in [0.5, 0.6) is 0 Å². The van der Waals surface area contributed by atoms with E-state index in [2.05, 4.69) is 64.7 Å². The van der Waals surface area contributed by atoms with E-state index in [0.717, 1.165) is 38.6 Å². The highest BCUT2D eigenvalue weighted by Gasteiger charge is 2.03. The topological polar surface area (TPSA) is 39.7 Å². The van der Waals surface area contributed by atoms with E-state index in [-0.39, 0.29) is 24.0 Å². The van der Waals surface area contributed by atoms with Gasteiger partial charge in [0.2, 0.25) is 0 Å². The second-order valence-electron chi connectivity index (χ2n) is 4.30. The van der Waals surface area contributed by atoms with Crippen molar-refractivity contribution in [3.8, 4) is 0 Å². The Morgan fingerprint density at radius 1 is 1.15 bits per heavy atom. The first kappa shape index (κ1) is 19.0. The standard InChI is InChI=1S/C15H26N4.HI/c1-4-17-15(16-3)18-12-9-13-19(5-2)14-10-7-6-8-11-14;/h6-8,10-11H,4-5,9,12-13H2,1-3H3,(H2,16,17,18);1H. The number of para-hydroxylation sites is 1. The Labute approximate surface area is 140 Å². The summed E-state index contributed by atoms with van der Waals surface area (Å²) in [5.41, 5.74) is 1.29. The van der Waals surface area contributed by atoms with Crippen LogP contribution in [0.3, 0.4) is 0 Å². The summed E-state index contributed by atoms with van der Waals surface area (Å²) in [6.45, 7) is 8.18. The van der Waals surface area contributed by atoms with Crippen molar-refractivity contribution in [1.29, 1.82) is 0 Å². The van der Waals surface area contributed by atoms with E-state index in [4.69, 9.17) is 0 Å². The molecule has 0 atom stereocenters. The molecule has 20 heavy (non-hydrogen) atoms. The van der Waals surface area contributed by atoms with Crippen LogP contribution in [0, 0.1) is 0 Å². The van der Waals surface area contributed by atoms with E-state index < -0.39 is 0 Å². The van der Waals surface area contributed by atoms with Gasteiger partial charge in [-0.25, -0.2) is 0 Å². The molecule has 0 heterocycles. The first-order chi connectivity index (χ1) is 9.31. The van der Waals surface area contributed by atoms with E-state index in [1.54, 1.807) is 7.05 Å². The third-order valence-electron chi connectivity index (χ3n) is 2.97. The van der Waals surface area contributed by atoms with Crippen LogP contribution < -0.4 is 15.5 Å². The van der Waals surface area contributed by atoms with Crippen LogP contribution in [0.1, 0.15) is 20.3 Å². The molecule has 114 valence electrons. The normalized spacial score (nSPS) is 10.7. The zero-order valence-electron chi connectivity index (χ0n) is 12.7. The molecule has 0 spiro atoms. The van der Waals surface area contributed by atoms with E-state index in [1.807, 2.05) is 0 Å². The summed E-state index contributed by atoms with van der Waals surface area (Å²) in [7, 11) is 1.80. The maximum absolute atomic E-state index is 4.15. The number of guanidine groups is 1. The summed E-state index contributed by atoms with van der Waals surface area (Å²) in [6, 6.07) is 10.6. The van der Waals surface area contributed by atoms with Crippen LogP contribution >= 0.6 is 24.0 Å². The smallest absolute Gasteiger partial charge is 0.190 e. The first-order valence-corrected chi connectivity index (χ1v) is 7.06. The summed E-state index contributed by atoms with van der Waals surface area (Å²) in [6.07, 6.45) is 1.09. The van der Waals surface area contributed by atoms with Gasteiger partial charge in [0.25, 0.3) is 0 Å². The van der Waals surface area contributed by atoms with Crippen LogP contribution in [0.2, 0.25) is 0 Å². The van der Waals surface area contributed by atoms with E-state index in [0.29, 0.717) is 0 Å². The highest BCUT2D eigenvalue weighted by molar-refractivity contribution is 14.0. The van der Waals surface area contributed by atoms with Crippen LogP contribution in [0.15, 0.2) is 35.3 Å². The lowest BCUT2D eigenvalue weighted by Crippen LogP contribution is -2.38. The van der Waals surface area contributed by atoms with Crippen LogP contribution in [-0.4, -0.2) is 39.2 Å². The SMILES string of the molecule is CCNC(=NC)NCCCN(CC)c1ccccc1.I. The third kappa shape index (κ3) is 6.98. The fraction of sp³-hybridized carbons (Fsp3) is 0.533. The Morgan fingerprint density at radius 2 is 1.85 bits per heavy atom. The van der Waals surface area contributed by atoms with Gasteiger partial charge in [-0.15, -0.1) is 24.0 Å². The number of hydrogen-bond acceptors (Lipinski definition) is 2. The van der Waals surface area contributed by atoms with Crippen LogP contribution in [0.25, 0.3) is 0 Å². The van der Waals surface area contributed by atoms with Crippen LogP contribution in [0.4, 0.5) is 5.69 Å². The lowest BCUT2D eigenvalue weighted by atomic mass is 10.2. The molecule has 0 bridgehead atoms. The summed E-state index contributed by atoms with van der Waals surface area (Å²) in [5.74, 6) is 0.880. The summed E-state index contributed by atoms with van der Waals surface area (Å²) < 4.78 is 0. The molecule has 0 saturated heterocycles. The van der Waals surface area contributed by atoms with Crippen molar-refractivity contribution in [1.82, 2.24) is 10.6 Å². The molecule has 0 amide bonds. The van der Waals surface area contributed by atoms with Crippen molar-refractivity contribution in [2.75, 3.05) is 38.1 Å². The first-order valence-electron chi connectivity index (χ1n) is 7.06. The molecule has 0 aliphatic rings. The van der Waals surface area contributed by atoms with Gasteiger partial charge in [0, 0.05) is 38.9 Å². The third-order valence-corrected chi connectivity index (χ3v) is 2.97. The molecule has 4 nitrogen and oxygen atoms in total. The van der Waals surface area contributed by atoms with Gasteiger partial charge in [0.1, 0.15) is 0 Å². The van der Waals surface area contributed by atoms with Gasteiger partial charge in [-0.1, -0.05) is 18.2 Å². The molecular weight excluding hydrogens is 363 g/mol. The predicted molar refractivity (Wildman–Crippen MR) is 99.4 cm³/mol. The average Bonchev–Trinajstić information content (AvgIpc) is 2.47. The highest BCUT2D eigenvalue weighted by atomic mass is 127. The van der Waals surface area contributed by atoms with Gasteiger partial charge in [0.05, 0.1) is 0 Å². The summed E-state index contributed by atoms with van der Waals surface area (Å²) >= 11 is 0. The van der Waals surface area contributed by atoms with Crippen molar-refractivity contribution in [2.45, 2.75) is 20.3 Å². The molecule has 0 aliphatic heterocycles. The summed E-state index contributed by atoms with van der Waals surface area (Å²) in [4.78, 5) is 6.54. The van der Waals surface area contributed by atoms with Crippen molar-refractivity contribution >= 4 is 35.6 Å². The lowest BCUT2D eigenvalue weighted by molar-refractivity contribution is 0.711. The minimum absolute atomic E-state index is 0. The second-order valence-corrected chi connectivity index (χ2v) is 4.30. The zero-order chi connectivity index (χ0) is 13.9. The Hall–Kier alpha value is -0.980. The fourth-order valence-corrected chi connectivity index (χ4v) is 1.97. The number of benzene rings is 1. The maximum atomic E-state index is 4.15. The minimum Gasteiger partial charge on any atom is -0.372 e. The number of halogens is 1. The van der Waals surface area contributed by atoms with Crippen LogP contribution in [-0.2, 0) is 0 Å². The Bertz CT molecular complexity index is 367. The predicted octanol–water partition coefficient (Wildman–Crippen LogP) is 2.71. The van der Waals surface area contributed by atoms with Gasteiger partial charge >= 0.3 is 0 Å². The quantitative estimate of drug-likeness (QED) is 0.326. The molecule has 2 N–H and O–H groups in total. The number of aliphatic imine (C=N–C) groups is 1. The Kier molecular flexibility index (Phi) is 11.2. The molecule has 5 heteroatoms. The zero-order valence-corrected chi connectivity index (χ0v) is 15.1. The molecule has 1 aromatic carbocycles. The molecule has 0 unspecified atom stereocenters. The average molecular weight is 390 g/mol. The van der Waals surface area contributed by atoms with Gasteiger partial charge in [-0.05, 0) is 32.4 Å². The number of anilines is 1. The van der Waals surface area contributed by atoms with Crippen molar-refractivity contribution in [3.05, 3.63) is 30.3 Å². The molecule has 1 aromatic rings. The summed E-state index contributed by atoms with van der Waals surface area (Å²) in [5, 5.41) is 6.50. The second kappa shape index (κ2) is 11.8. The highest BCUT2D eigenvalue weighted by Crippen LogP contribution is 2.12. The lowest BCUT2D eigenvalue weighted by Gasteiger charge is -2.23. The molecular formula is C15H27IN4. The number of rotatable bonds is 7. The van der Waals surface area contributed by atoms with Crippen molar-refractivity contribution < 1.29 is 0 Å². The molecule has 0 radical (unpaired) electrons. The van der Waals surface area contributed by atoms with Gasteiger partial charge in [-0.3, -0.25) is 4.99 Å². The monoisotopic (exact) mass is 390 g/mol. The minimum atomic E-state index is 0. The molecule has 0 fully saturated rings. The molecule has 0 saturated carbocycles. The van der Waals surface area contributed by atoms with Crippen molar-refractivity contribution in [2.24, 2.45) is 4.99 Å². The van der Waals surface area contributed by atoms with Gasteiger partial charge in [0.15, 0.2) is 5.96 Å². The molecule has 0 aliphatic carbocycles. The maximum Gasteiger partial charge on any atom is 0.190 e.